The van der Waals surface area contributed by atoms with Gasteiger partial charge in [0.2, 0.25) is 0 Å². The lowest BCUT2D eigenvalue weighted by Crippen LogP contribution is -2.16. The maximum Gasteiger partial charge on any atom is 0.0478 e. The average Bonchev–Trinajstić information content (AvgIpc) is 2.45. The molecule has 0 radical (unpaired) electrons. The molecular formula is C20H27N. The summed E-state index contributed by atoms with van der Waals surface area (Å²) in [6.45, 7) is 4.31. The molecule has 0 aromatic heterocycles. The van der Waals surface area contributed by atoms with Gasteiger partial charge in [-0.05, 0) is 63.1 Å². The molecule has 0 aliphatic heterocycles. The Hall–Kier alpha value is -1.76. The van der Waals surface area contributed by atoms with Crippen LogP contribution in [0.25, 0.3) is 0 Å². The number of benzene rings is 1. The number of rotatable bonds is 2. The zero-order valence-electron chi connectivity index (χ0n) is 13.3. The minimum Gasteiger partial charge on any atom is -0.378 e. The van der Waals surface area contributed by atoms with Crippen LogP contribution in [0.15, 0.2) is 54.7 Å². The van der Waals surface area contributed by atoms with E-state index in [2.05, 4.69) is 73.8 Å². The highest BCUT2D eigenvalue weighted by molar-refractivity contribution is 5.53. The van der Waals surface area contributed by atoms with Gasteiger partial charge in [0.25, 0.3) is 0 Å². The molecule has 1 unspecified atom stereocenters. The number of hydrogen-bond acceptors (Lipinski definition) is 1. The first-order valence-corrected chi connectivity index (χ1v) is 8.06. The second kappa shape index (κ2) is 8.51. The Morgan fingerprint density at radius 1 is 0.857 bits per heavy atom. The van der Waals surface area contributed by atoms with Crippen molar-refractivity contribution < 1.29 is 0 Å². The summed E-state index contributed by atoms with van der Waals surface area (Å²) >= 11 is 0. The van der Waals surface area contributed by atoms with Crippen LogP contribution in [0.2, 0.25) is 0 Å². The third-order valence-electron chi connectivity index (χ3n) is 3.83. The van der Waals surface area contributed by atoms with Crippen LogP contribution >= 0.6 is 0 Å². The van der Waals surface area contributed by atoms with Gasteiger partial charge in [0.15, 0.2) is 0 Å². The van der Waals surface area contributed by atoms with E-state index in [1.807, 2.05) is 0 Å². The normalized spacial score (nSPS) is 24.4. The molecule has 1 heteroatoms. The molecular weight excluding hydrogens is 254 g/mol. The molecule has 0 bridgehead atoms. The van der Waals surface area contributed by atoms with Crippen molar-refractivity contribution >= 4 is 5.69 Å². The van der Waals surface area contributed by atoms with Gasteiger partial charge in [-0.15, -0.1) is 0 Å². The quantitative estimate of drug-likeness (QED) is 0.684. The summed E-state index contributed by atoms with van der Waals surface area (Å²) < 4.78 is 0. The predicted molar refractivity (Wildman–Crippen MR) is 93.8 cm³/mol. The summed E-state index contributed by atoms with van der Waals surface area (Å²) in [5.41, 5.74) is 3.87. The summed E-state index contributed by atoms with van der Waals surface area (Å²) in [5, 5.41) is 3.69. The summed E-state index contributed by atoms with van der Waals surface area (Å²) in [6, 6.07) is 6.98. The van der Waals surface area contributed by atoms with Gasteiger partial charge >= 0.3 is 0 Å². The number of nitrogens with one attached hydrogen (secondary N) is 1. The molecule has 1 aliphatic carbocycles. The lowest BCUT2D eigenvalue weighted by molar-refractivity contribution is 0.870. The molecule has 21 heavy (non-hydrogen) atoms. The maximum atomic E-state index is 3.69. The van der Waals surface area contributed by atoms with Crippen LogP contribution in [0.5, 0.6) is 0 Å². The van der Waals surface area contributed by atoms with Gasteiger partial charge in [-0.25, -0.2) is 0 Å². The van der Waals surface area contributed by atoms with E-state index in [-0.39, 0.29) is 0 Å². The Balaban J connectivity index is 2.07. The largest absolute Gasteiger partial charge is 0.378 e. The van der Waals surface area contributed by atoms with Crippen LogP contribution in [0.1, 0.15) is 43.2 Å². The predicted octanol–water partition coefficient (Wildman–Crippen LogP) is 5.72. The van der Waals surface area contributed by atoms with Crippen molar-refractivity contribution in [1.29, 1.82) is 0 Å². The molecule has 1 aromatic carbocycles. The van der Waals surface area contributed by atoms with E-state index < -0.39 is 0 Å². The summed E-state index contributed by atoms with van der Waals surface area (Å²) in [7, 11) is 0. The van der Waals surface area contributed by atoms with Crippen LogP contribution in [0.3, 0.4) is 0 Å². The third kappa shape index (κ3) is 5.63. The Labute approximate surface area is 129 Å². The lowest BCUT2D eigenvalue weighted by atomic mass is 10.1. The van der Waals surface area contributed by atoms with Gasteiger partial charge in [-0.3, -0.25) is 0 Å². The molecule has 1 aromatic rings. The van der Waals surface area contributed by atoms with Gasteiger partial charge in [0.1, 0.15) is 0 Å². The second-order valence-corrected chi connectivity index (χ2v) is 5.83. The van der Waals surface area contributed by atoms with Crippen molar-refractivity contribution in [2.24, 2.45) is 0 Å². The molecule has 112 valence electrons. The number of aryl methyl sites for hydroxylation is 2. The Kier molecular flexibility index (Phi) is 6.33. The number of anilines is 1. The molecule has 0 saturated carbocycles. The number of allylic oxidation sites excluding steroid dienone is 4. The molecule has 0 fully saturated rings. The summed E-state index contributed by atoms with van der Waals surface area (Å²) in [5.74, 6) is 0. The fourth-order valence-electron chi connectivity index (χ4n) is 2.52. The van der Waals surface area contributed by atoms with Crippen LogP contribution in [-0.2, 0) is 0 Å². The highest BCUT2D eigenvalue weighted by Gasteiger charge is 2.05. The van der Waals surface area contributed by atoms with Crippen LogP contribution < -0.4 is 5.32 Å². The Bertz CT molecular complexity index is 523. The van der Waals surface area contributed by atoms with Gasteiger partial charge < -0.3 is 5.32 Å². The Morgan fingerprint density at radius 3 is 2.29 bits per heavy atom. The van der Waals surface area contributed by atoms with E-state index in [1.54, 1.807) is 0 Å². The standard InChI is InChI=1S/C20H27N/c1-17-14-15-18(2)20(16-17)21-19-12-10-8-6-4-3-5-7-9-11-13-19/h3-4,9-12,14-16,19,21H,5-8,13H2,1-2H3/b4-3+,11-9+,12-10+. The SMILES string of the molecule is Cc1ccc(C)c(NC2/C=C/CC/C=C/CC/C=C/C2)c1. The van der Waals surface area contributed by atoms with Crippen molar-refractivity contribution in [2.75, 3.05) is 5.32 Å². The molecule has 0 saturated heterocycles. The van der Waals surface area contributed by atoms with Gasteiger partial charge in [-0.1, -0.05) is 48.6 Å². The van der Waals surface area contributed by atoms with Gasteiger partial charge in [0, 0.05) is 11.7 Å². The van der Waals surface area contributed by atoms with E-state index >= 15 is 0 Å². The molecule has 0 amide bonds. The van der Waals surface area contributed by atoms with Crippen LogP contribution in [-0.4, -0.2) is 6.04 Å². The van der Waals surface area contributed by atoms with Crippen molar-refractivity contribution in [3.63, 3.8) is 0 Å². The van der Waals surface area contributed by atoms with Crippen LogP contribution in [0, 0.1) is 13.8 Å². The molecule has 0 spiro atoms. The van der Waals surface area contributed by atoms with E-state index in [9.17, 15) is 0 Å². The zero-order valence-corrected chi connectivity index (χ0v) is 13.3. The highest BCUT2D eigenvalue weighted by Crippen LogP contribution is 2.19. The third-order valence-corrected chi connectivity index (χ3v) is 3.83. The van der Waals surface area contributed by atoms with E-state index in [0.29, 0.717) is 6.04 Å². The van der Waals surface area contributed by atoms with E-state index in [4.69, 9.17) is 0 Å². The van der Waals surface area contributed by atoms with Crippen molar-refractivity contribution in [1.82, 2.24) is 0 Å². The first-order chi connectivity index (χ1) is 10.3. The average molecular weight is 281 g/mol. The first kappa shape index (κ1) is 15.6. The molecule has 1 atom stereocenters. The smallest absolute Gasteiger partial charge is 0.0478 e. The molecule has 1 nitrogen and oxygen atoms in total. The Morgan fingerprint density at radius 2 is 1.52 bits per heavy atom. The fourth-order valence-corrected chi connectivity index (χ4v) is 2.52. The monoisotopic (exact) mass is 281 g/mol. The minimum absolute atomic E-state index is 0.380. The zero-order chi connectivity index (χ0) is 14.9. The van der Waals surface area contributed by atoms with Gasteiger partial charge in [0.05, 0.1) is 0 Å². The van der Waals surface area contributed by atoms with Crippen molar-refractivity contribution in [2.45, 2.75) is 52.0 Å². The molecule has 0 heterocycles. The second-order valence-electron chi connectivity index (χ2n) is 5.83. The molecule has 1 N–H and O–H groups in total. The first-order valence-electron chi connectivity index (χ1n) is 8.06. The number of hydrogen-bond donors (Lipinski definition) is 1. The fraction of sp³-hybridized carbons (Fsp3) is 0.400. The van der Waals surface area contributed by atoms with E-state index in [0.717, 1.165) is 32.1 Å². The lowest BCUT2D eigenvalue weighted by Gasteiger charge is -2.17. The molecule has 1 aliphatic rings. The molecule has 2 rings (SSSR count). The summed E-state index contributed by atoms with van der Waals surface area (Å²) in [6.07, 6.45) is 19.5. The highest BCUT2D eigenvalue weighted by atomic mass is 14.9. The summed E-state index contributed by atoms with van der Waals surface area (Å²) in [4.78, 5) is 0. The van der Waals surface area contributed by atoms with Gasteiger partial charge in [-0.2, -0.15) is 0 Å². The maximum absolute atomic E-state index is 3.69. The van der Waals surface area contributed by atoms with E-state index in [1.165, 1.54) is 16.8 Å². The van der Waals surface area contributed by atoms with Crippen molar-refractivity contribution in [3.8, 4) is 0 Å². The minimum atomic E-state index is 0.380. The topological polar surface area (TPSA) is 12.0 Å². The van der Waals surface area contributed by atoms with Crippen molar-refractivity contribution in [3.05, 3.63) is 65.8 Å². The van der Waals surface area contributed by atoms with Crippen LogP contribution in [0.4, 0.5) is 5.69 Å².